The van der Waals surface area contributed by atoms with Gasteiger partial charge >= 0.3 is 0 Å². The summed E-state index contributed by atoms with van der Waals surface area (Å²) in [7, 11) is -1.09. The van der Waals surface area contributed by atoms with Crippen molar-refractivity contribution in [2.45, 2.75) is 19.1 Å². The molecule has 0 spiro atoms. The molecule has 18 heavy (non-hydrogen) atoms. The van der Waals surface area contributed by atoms with E-state index < -0.39 is 10.0 Å². The summed E-state index contributed by atoms with van der Waals surface area (Å²) < 4.78 is 36.4. The molecule has 0 atom stereocenters. The number of rotatable bonds is 5. The lowest BCUT2D eigenvalue weighted by atomic mass is 10.3. The second-order valence-corrected chi connectivity index (χ2v) is 6.92. The first-order valence-corrected chi connectivity index (χ1v) is 8.08. The lowest BCUT2D eigenvalue weighted by molar-refractivity contribution is -0.0467. The van der Waals surface area contributed by atoms with Crippen molar-refractivity contribution in [3.8, 4) is 0 Å². The lowest BCUT2D eigenvalue weighted by Crippen LogP contribution is -2.47. The first kappa shape index (κ1) is 14.2. The number of nitrogens with zero attached hydrogens (tertiary/aromatic N) is 2. The minimum Gasteiger partial charge on any atom is -0.350 e. The number of hydrogen-bond acceptors (Lipinski definition) is 5. The smallest absolute Gasteiger partial charge is 0.214 e. The Kier molecular flexibility index (Phi) is 4.97. The summed E-state index contributed by atoms with van der Waals surface area (Å²) >= 11 is 0. The molecule has 0 N–H and O–H groups in total. The lowest BCUT2D eigenvalue weighted by Gasteiger charge is -2.31. The van der Waals surface area contributed by atoms with E-state index in [1.165, 1.54) is 0 Å². The number of likely N-dealkylation sites (N-methyl/N-ethyl adjacent to an activating group) is 1. The molecule has 0 aliphatic carbocycles. The molecule has 0 bridgehead atoms. The van der Waals surface area contributed by atoms with Gasteiger partial charge in [0.15, 0.2) is 6.29 Å². The molecule has 2 fully saturated rings. The van der Waals surface area contributed by atoms with Crippen LogP contribution in [0.15, 0.2) is 0 Å². The predicted molar refractivity (Wildman–Crippen MR) is 67.8 cm³/mol. The second-order valence-electron chi connectivity index (χ2n) is 4.83. The van der Waals surface area contributed by atoms with Crippen LogP contribution >= 0.6 is 0 Å². The fraction of sp³-hybridized carbons (Fsp3) is 1.00. The molecule has 0 amide bonds. The molecule has 2 aliphatic heterocycles. The second kappa shape index (κ2) is 6.29. The van der Waals surface area contributed by atoms with Gasteiger partial charge in [-0.3, -0.25) is 0 Å². The maximum Gasteiger partial charge on any atom is 0.214 e. The van der Waals surface area contributed by atoms with Crippen molar-refractivity contribution in [2.24, 2.45) is 0 Å². The van der Waals surface area contributed by atoms with E-state index in [0.29, 0.717) is 39.1 Å². The molecular formula is C11H22N2O4S. The van der Waals surface area contributed by atoms with Crippen LogP contribution in [-0.2, 0) is 19.5 Å². The number of piperazine rings is 1. The van der Waals surface area contributed by atoms with Crippen LogP contribution < -0.4 is 0 Å². The fourth-order valence-electron chi connectivity index (χ4n) is 2.20. The van der Waals surface area contributed by atoms with Gasteiger partial charge in [-0.2, -0.15) is 4.31 Å². The van der Waals surface area contributed by atoms with Crippen molar-refractivity contribution in [3.63, 3.8) is 0 Å². The summed E-state index contributed by atoms with van der Waals surface area (Å²) in [6.45, 7) is 4.08. The van der Waals surface area contributed by atoms with Crippen LogP contribution in [-0.4, -0.2) is 76.1 Å². The zero-order chi connectivity index (χ0) is 13.0. The van der Waals surface area contributed by atoms with Gasteiger partial charge in [0.1, 0.15) is 0 Å². The van der Waals surface area contributed by atoms with Crippen LogP contribution in [0.5, 0.6) is 0 Å². The molecule has 0 unspecified atom stereocenters. The Morgan fingerprint density at radius 1 is 1.11 bits per heavy atom. The molecule has 2 aliphatic rings. The Morgan fingerprint density at radius 3 is 2.33 bits per heavy atom. The summed E-state index contributed by atoms with van der Waals surface area (Å²) in [5.41, 5.74) is 0. The number of sulfonamides is 1. The topological polar surface area (TPSA) is 59.1 Å². The van der Waals surface area contributed by atoms with E-state index in [1.807, 2.05) is 7.05 Å². The summed E-state index contributed by atoms with van der Waals surface area (Å²) in [5.74, 6) is 0.194. The first-order valence-electron chi connectivity index (χ1n) is 6.47. The van der Waals surface area contributed by atoms with Gasteiger partial charge < -0.3 is 14.4 Å². The third kappa shape index (κ3) is 3.89. The van der Waals surface area contributed by atoms with Crippen LogP contribution in [0.3, 0.4) is 0 Å². The highest BCUT2D eigenvalue weighted by atomic mass is 32.2. The molecule has 0 aromatic heterocycles. The summed E-state index contributed by atoms with van der Waals surface area (Å²) in [6.07, 6.45) is 1.06. The minimum atomic E-state index is -3.10. The average molecular weight is 278 g/mol. The number of hydrogen-bond donors (Lipinski definition) is 0. The van der Waals surface area contributed by atoms with Gasteiger partial charge in [0.05, 0.1) is 19.0 Å². The van der Waals surface area contributed by atoms with Crippen molar-refractivity contribution < 1.29 is 17.9 Å². The molecule has 7 heteroatoms. The van der Waals surface area contributed by atoms with Crippen molar-refractivity contribution >= 4 is 10.0 Å². The van der Waals surface area contributed by atoms with E-state index >= 15 is 0 Å². The highest BCUT2D eigenvalue weighted by Crippen LogP contribution is 2.13. The van der Waals surface area contributed by atoms with Gasteiger partial charge in [0, 0.05) is 26.2 Å². The summed E-state index contributed by atoms with van der Waals surface area (Å²) in [6, 6.07) is 0. The maximum atomic E-state index is 12.1. The Bertz CT molecular complexity index is 346. The summed E-state index contributed by atoms with van der Waals surface area (Å²) in [4.78, 5) is 2.15. The van der Waals surface area contributed by atoms with Crippen LogP contribution in [0.2, 0.25) is 0 Å². The first-order chi connectivity index (χ1) is 8.58. The van der Waals surface area contributed by atoms with Crippen molar-refractivity contribution in [2.75, 3.05) is 52.2 Å². The van der Waals surface area contributed by atoms with Gasteiger partial charge in [0.25, 0.3) is 0 Å². The van der Waals surface area contributed by atoms with E-state index in [9.17, 15) is 8.42 Å². The van der Waals surface area contributed by atoms with E-state index in [-0.39, 0.29) is 12.0 Å². The third-order valence-corrected chi connectivity index (χ3v) is 5.35. The largest absolute Gasteiger partial charge is 0.350 e. The van der Waals surface area contributed by atoms with Crippen molar-refractivity contribution in [1.29, 1.82) is 0 Å². The SMILES string of the molecule is CN1CCN(S(=O)(=O)CCCC2OCCO2)CC1. The quantitative estimate of drug-likeness (QED) is 0.692. The van der Waals surface area contributed by atoms with E-state index in [2.05, 4.69) is 4.90 Å². The molecular weight excluding hydrogens is 256 g/mol. The molecule has 0 aromatic carbocycles. The van der Waals surface area contributed by atoms with Crippen LogP contribution in [0.25, 0.3) is 0 Å². The van der Waals surface area contributed by atoms with Gasteiger partial charge in [0.2, 0.25) is 10.0 Å². The van der Waals surface area contributed by atoms with Gasteiger partial charge in [-0.15, -0.1) is 0 Å². The molecule has 106 valence electrons. The highest BCUT2D eigenvalue weighted by Gasteiger charge is 2.26. The van der Waals surface area contributed by atoms with Gasteiger partial charge in [-0.25, -0.2) is 8.42 Å². The van der Waals surface area contributed by atoms with Gasteiger partial charge in [-0.05, 0) is 19.9 Å². The molecule has 2 saturated heterocycles. The maximum absolute atomic E-state index is 12.1. The Morgan fingerprint density at radius 2 is 1.72 bits per heavy atom. The third-order valence-electron chi connectivity index (χ3n) is 3.39. The Hall–Kier alpha value is -0.210. The monoisotopic (exact) mass is 278 g/mol. The van der Waals surface area contributed by atoms with Crippen LogP contribution in [0, 0.1) is 0 Å². The molecule has 2 heterocycles. The standard InChI is InChI=1S/C11H22N2O4S/c1-12-4-6-13(7-5-12)18(14,15)10-2-3-11-16-8-9-17-11/h11H,2-10H2,1H3. The minimum absolute atomic E-state index is 0.194. The van der Waals surface area contributed by atoms with Crippen LogP contribution in [0.1, 0.15) is 12.8 Å². The number of ether oxygens (including phenoxy) is 2. The fourth-order valence-corrected chi connectivity index (χ4v) is 3.71. The molecule has 0 aromatic rings. The predicted octanol–water partition coefficient (Wildman–Crippen LogP) is -0.283. The molecule has 0 radical (unpaired) electrons. The highest BCUT2D eigenvalue weighted by molar-refractivity contribution is 7.89. The Balaban J connectivity index is 1.72. The van der Waals surface area contributed by atoms with Crippen molar-refractivity contribution in [1.82, 2.24) is 9.21 Å². The van der Waals surface area contributed by atoms with Crippen LogP contribution in [0.4, 0.5) is 0 Å². The average Bonchev–Trinajstić information content (AvgIpc) is 2.82. The summed E-state index contributed by atoms with van der Waals surface area (Å²) in [5, 5.41) is 0. The van der Waals surface area contributed by atoms with Gasteiger partial charge in [-0.1, -0.05) is 0 Å². The van der Waals surface area contributed by atoms with Crippen molar-refractivity contribution in [3.05, 3.63) is 0 Å². The van der Waals surface area contributed by atoms with E-state index in [4.69, 9.17) is 9.47 Å². The zero-order valence-corrected chi connectivity index (χ0v) is 11.7. The molecule has 2 rings (SSSR count). The Labute approximate surface area is 109 Å². The van der Waals surface area contributed by atoms with E-state index in [1.54, 1.807) is 4.31 Å². The van der Waals surface area contributed by atoms with E-state index in [0.717, 1.165) is 13.1 Å². The zero-order valence-electron chi connectivity index (χ0n) is 10.9. The normalized spacial score (nSPS) is 24.7. The molecule has 6 nitrogen and oxygen atoms in total. The molecule has 0 saturated carbocycles.